The molecule has 2 aromatic rings. The van der Waals surface area contributed by atoms with Crippen molar-refractivity contribution in [3.8, 4) is 12.1 Å². The summed E-state index contributed by atoms with van der Waals surface area (Å²) in [6, 6.07) is 19.2. The summed E-state index contributed by atoms with van der Waals surface area (Å²) >= 11 is 0. The molecule has 2 rings (SSSR count). The van der Waals surface area contributed by atoms with E-state index in [0.717, 1.165) is 22.3 Å². The Bertz CT molecular complexity index is 1250. The van der Waals surface area contributed by atoms with Gasteiger partial charge in [0, 0.05) is 24.0 Å². The minimum Gasteiger partial charge on any atom is -0.457 e. The van der Waals surface area contributed by atoms with E-state index in [0.29, 0.717) is 0 Å². The van der Waals surface area contributed by atoms with Gasteiger partial charge in [-0.25, -0.2) is 9.59 Å². The number of hydrogen-bond acceptors (Lipinski definition) is 6. The van der Waals surface area contributed by atoms with Gasteiger partial charge in [0.25, 0.3) is 0 Å². The lowest BCUT2D eigenvalue weighted by molar-refractivity contribution is -0.150. The zero-order valence-electron chi connectivity index (χ0n) is 24.2. The van der Waals surface area contributed by atoms with Crippen LogP contribution in [0.25, 0.3) is 12.2 Å². The van der Waals surface area contributed by atoms with Crippen LogP contribution >= 0.6 is 0 Å². The maximum absolute atomic E-state index is 13.3. The highest BCUT2D eigenvalue weighted by molar-refractivity contribution is 5.96. The first-order valence-corrected chi connectivity index (χ1v) is 12.9. The molecule has 2 aromatic carbocycles. The Labute approximate surface area is 232 Å². The molecule has 204 valence electrons. The van der Waals surface area contributed by atoms with E-state index in [9.17, 15) is 20.1 Å². The number of benzene rings is 2. The largest absolute Gasteiger partial charge is 0.457 e. The van der Waals surface area contributed by atoms with E-state index < -0.39 is 28.6 Å². The average molecular weight is 527 g/mol. The van der Waals surface area contributed by atoms with Gasteiger partial charge in [-0.2, -0.15) is 10.5 Å². The van der Waals surface area contributed by atoms with E-state index in [1.165, 1.54) is 0 Å². The summed E-state index contributed by atoms with van der Waals surface area (Å²) < 4.78 is 11.3. The van der Waals surface area contributed by atoms with Gasteiger partial charge in [-0.05, 0) is 89.8 Å². The first-order chi connectivity index (χ1) is 18.1. The van der Waals surface area contributed by atoms with E-state index in [2.05, 4.69) is 12.1 Å². The van der Waals surface area contributed by atoms with Crippen LogP contribution in [-0.2, 0) is 19.1 Å². The van der Waals surface area contributed by atoms with Crippen LogP contribution in [0.5, 0.6) is 0 Å². The smallest absolute Gasteiger partial charge is 0.334 e. The minimum atomic E-state index is -1.74. The van der Waals surface area contributed by atoms with Crippen molar-refractivity contribution in [2.75, 3.05) is 0 Å². The van der Waals surface area contributed by atoms with Gasteiger partial charge in [-0.1, -0.05) is 48.5 Å². The van der Waals surface area contributed by atoms with Gasteiger partial charge < -0.3 is 9.47 Å². The lowest BCUT2D eigenvalue weighted by atomic mass is 9.77. The number of esters is 2. The molecule has 0 bridgehead atoms. The Morgan fingerprint density at radius 2 is 1.03 bits per heavy atom. The Hall–Kier alpha value is -4.16. The molecule has 0 atom stereocenters. The molecule has 0 spiro atoms. The van der Waals surface area contributed by atoms with Crippen molar-refractivity contribution in [2.45, 2.75) is 79.4 Å². The van der Waals surface area contributed by atoms with Gasteiger partial charge in [-0.3, -0.25) is 0 Å². The third-order valence-corrected chi connectivity index (χ3v) is 5.77. The van der Waals surface area contributed by atoms with Gasteiger partial charge >= 0.3 is 11.9 Å². The molecule has 0 saturated heterocycles. The third-order valence-electron chi connectivity index (χ3n) is 5.77. The van der Waals surface area contributed by atoms with Crippen LogP contribution in [0.4, 0.5) is 0 Å². The minimum absolute atomic E-state index is 0.168. The van der Waals surface area contributed by atoms with E-state index in [-0.39, 0.29) is 24.0 Å². The van der Waals surface area contributed by atoms with Crippen molar-refractivity contribution >= 4 is 24.1 Å². The first kappa shape index (κ1) is 31.1. The van der Waals surface area contributed by atoms with Crippen LogP contribution in [0.15, 0.2) is 59.7 Å². The molecule has 0 N–H and O–H groups in total. The maximum atomic E-state index is 13.3. The number of aryl methyl sites for hydroxylation is 2. The molecule has 0 radical (unpaired) electrons. The molecule has 0 fully saturated rings. The lowest BCUT2D eigenvalue weighted by Crippen LogP contribution is -2.30. The zero-order chi connectivity index (χ0) is 29.4. The quantitative estimate of drug-likeness (QED) is 0.265. The number of rotatable bonds is 8. The summed E-state index contributed by atoms with van der Waals surface area (Å²) in [5.74, 6) is -1.25. The number of carbonyl (C=O) groups is 2. The molecule has 6 nitrogen and oxygen atoms in total. The molecular weight excluding hydrogens is 488 g/mol. The zero-order valence-corrected chi connectivity index (χ0v) is 24.2. The van der Waals surface area contributed by atoms with Crippen LogP contribution in [0.2, 0.25) is 0 Å². The van der Waals surface area contributed by atoms with Crippen LogP contribution in [-0.4, -0.2) is 23.1 Å². The molecular formula is C33H38N2O4. The molecule has 0 aliphatic carbocycles. The van der Waals surface area contributed by atoms with Gasteiger partial charge in [0.05, 0.1) is 12.1 Å². The predicted molar refractivity (Wildman–Crippen MR) is 153 cm³/mol. The fraction of sp³-hybridized carbons (Fsp3) is 0.394. The third kappa shape index (κ3) is 9.58. The average Bonchev–Trinajstić information content (AvgIpc) is 2.83. The highest BCUT2D eigenvalue weighted by Gasteiger charge is 2.38. The van der Waals surface area contributed by atoms with Gasteiger partial charge in [-0.15, -0.1) is 0 Å². The Balaban J connectivity index is 2.64. The highest BCUT2D eigenvalue weighted by Crippen LogP contribution is 2.36. The molecule has 0 amide bonds. The second-order valence-corrected chi connectivity index (χ2v) is 11.7. The summed E-state index contributed by atoms with van der Waals surface area (Å²) in [5, 5.41) is 20.6. The molecule has 0 unspecified atom stereocenters. The van der Waals surface area contributed by atoms with E-state index >= 15 is 0 Å². The molecule has 0 saturated carbocycles. The summed E-state index contributed by atoms with van der Waals surface area (Å²) in [6.07, 6.45) is 2.84. The summed E-state index contributed by atoms with van der Waals surface area (Å²) in [7, 11) is 0. The summed E-state index contributed by atoms with van der Waals surface area (Å²) in [4.78, 5) is 26.6. The SMILES string of the molecule is Cc1ccccc1/C=C(\CC(C#N)(C#N)C/C(=C\c1ccccc1C)C(=O)OC(C)(C)C)C(=O)OC(C)(C)C. The van der Waals surface area contributed by atoms with Gasteiger partial charge in [0.15, 0.2) is 5.41 Å². The number of hydrogen-bond donors (Lipinski definition) is 0. The maximum Gasteiger partial charge on any atom is 0.334 e. The van der Waals surface area contributed by atoms with E-state index in [1.807, 2.05) is 62.4 Å². The van der Waals surface area contributed by atoms with Crippen LogP contribution < -0.4 is 0 Å². The number of ether oxygens (including phenoxy) is 2. The van der Waals surface area contributed by atoms with Gasteiger partial charge in [0.1, 0.15) is 11.2 Å². The molecule has 0 aliphatic heterocycles. The first-order valence-electron chi connectivity index (χ1n) is 12.9. The fourth-order valence-electron chi connectivity index (χ4n) is 3.82. The second kappa shape index (κ2) is 12.6. The topological polar surface area (TPSA) is 100 Å². The summed E-state index contributed by atoms with van der Waals surface area (Å²) in [6.45, 7) is 14.3. The summed E-state index contributed by atoms with van der Waals surface area (Å²) in [5.41, 5.74) is 0.419. The van der Waals surface area contributed by atoms with Crippen LogP contribution in [0, 0.1) is 41.9 Å². The van der Waals surface area contributed by atoms with E-state index in [4.69, 9.17) is 9.47 Å². The Morgan fingerprint density at radius 3 is 1.31 bits per heavy atom. The second-order valence-electron chi connectivity index (χ2n) is 11.7. The molecule has 0 aromatic heterocycles. The van der Waals surface area contributed by atoms with Crippen LogP contribution in [0.1, 0.15) is 76.6 Å². The fourth-order valence-corrected chi connectivity index (χ4v) is 3.82. The van der Waals surface area contributed by atoms with Gasteiger partial charge in [0.2, 0.25) is 0 Å². The number of nitriles is 2. The highest BCUT2D eigenvalue weighted by atomic mass is 16.6. The molecule has 0 aliphatic rings. The Kier molecular flexibility index (Phi) is 10.0. The molecule has 39 heavy (non-hydrogen) atoms. The lowest BCUT2D eigenvalue weighted by Gasteiger charge is -2.26. The number of carbonyl (C=O) groups excluding carboxylic acids is 2. The van der Waals surface area contributed by atoms with E-state index in [1.54, 1.807) is 53.7 Å². The monoisotopic (exact) mass is 526 g/mol. The number of nitrogens with zero attached hydrogens (tertiary/aromatic N) is 2. The van der Waals surface area contributed by atoms with Crippen LogP contribution in [0.3, 0.4) is 0 Å². The van der Waals surface area contributed by atoms with Crippen molar-refractivity contribution in [3.05, 3.63) is 81.9 Å². The molecule has 0 heterocycles. The standard InChI is InChI=1S/C33H38N2O4/c1-23-13-9-11-15-25(23)17-27(29(36)38-31(3,4)5)19-33(21-34,22-35)20-28(30(37)39-32(6,7)8)18-26-16-12-10-14-24(26)2/h9-18H,19-20H2,1-8H3/b27-17+,28-18+. The van der Waals surface area contributed by atoms with Crippen molar-refractivity contribution in [3.63, 3.8) is 0 Å². The Morgan fingerprint density at radius 1 is 0.692 bits per heavy atom. The van der Waals surface area contributed by atoms with Crippen molar-refractivity contribution < 1.29 is 19.1 Å². The van der Waals surface area contributed by atoms with Crippen molar-refractivity contribution in [2.24, 2.45) is 5.41 Å². The van der Waals surface area contributed by atoms with Crippen molar-refractivity contribution in [1.29, 1.82) is 10.5 Å². The van der Waals surface area contributed by atoms with Crippen molar-refractivity contribution in [1.82, 2.24) is 0 Å². The normalized spacial score (nSPS) is 12.8. The predicted octanol–water partition coefficient (Wildman–Crippen LogP) is 7.27. The molecule has 6 heteroatoms.